The lowest BCUT2D eigenvalue weighted by Crippen LogP contribution is -1.67. The molecule has 0 aliphatic carbocycles. The zero-order valence-electron chi connectivity index (χ0n) is 7.01. The fraction of sp³-hybridized carbons (Fsp3) is 0. The normalized spacial score (nSPS) is 21.0. The molecular weight excluding hydrogens is 252 g/mol. The second kappa shape index (κ2) is 5.21. The van der Waals surface area contributed by atoms with Crippen LogP contribution in [-0.2, 0) is 4.79 Å². The van der Waals surface area contributed by atoms with E-state index in [-0.39, 0.29) is 0 Å². The third kappa shape index (κ3) is 2.53. The molecule has 0 radical (unpaired) electrons. The number of rotatable bonds is 2. The van der Waals surface area contributed by atoms with Crippen molar-refractivity contribution in [1.82, 2.24) is 0 Å². The van der Waals surface area contributed by atoms with Gasteiger partial charge in [0.1, 0.15) is 6.29 Å². The first-order valence-corrected chi connectivity index (χ1v) is 7.25. The molecule has 0 saturated carbocycles. The Morgan fingerprint density at radius 1 is 1.07 bits per heavy atom. The predicted octanol–water partition coefficient (Wildman–Crippen LogP) is 4.14. The molecule has 0 spiro atoms. The molecule has 72 valence electrons. The Morgan fingerprint density at radius 2 is 1.86 bits per heavy atom. The van der Waals surface area contributed by atoms with Crippen molar-refractivity contribution in [3.8, 4) is 0 Å². The van der Waals surface area contributed by atoms with Crippen LogP contribution >= 0.6 is 47.0 Å². The van der Waals surface area contributed by atoms with E-state index >= 15 is 0 Å². The summed E-state index contributed by atoms with van der Waals surface area (Å²) in [7, 11) is 0. The van der Waals surface area contributed by atoms with Crippen molar-refractivity contribution in [2.45, 2.75) is 0 Å². The Balaban J connectivity index is 2.01. The Kier molecular flexibility index (Phi) is 3.92. The molecule has 0 N–H and O–H groups in total. The number of carbonyl (C=O) groups excluding carboxylic acids is 1. The zero-order chi connectivity index (χ0) is 9.80. The molecule has 0 amide bonds. The van der Waals surface area contributed by atoms with Crippen LogP contribution in [0.15, 0.2) is 41.8 Å². The first-order chi connectivity index (χ1) is 6.90. The van der Waals surface area contributed by atoms with Gasteiger partial charge in [-0.2, -0.15) is 0 Å². The number of carbonyl (C=O) groups is 1. The molecular formula is C9H6OS4. The van der Waals surface area contributed by atoms with Crippen LogP contribution in [0.1, 0.15) is 0 Å². The van der Waals surface area contributed by atoms with Gasteiger partial charge >= 0.3 is 0 Å². The standard InChI is InChI=1S/C9H6OS4/c10-3-1-2-7-6-13-9(14-7)8-11-4-5-12-8/h1-6H. The molecule has 0 saturated heterocycles. The second-order valence-electron chi connectivity index (χ2n) is 2.32. The fourth-order valence-corrected chi connectivity index (χ4v) is 5.23. The average molecular weight is 258 g/mol. The van der Waals surface area contributed by atoms with Gasteiger partial charge in [-0.3, -0.25) is 4.79 Å². The van der Waals surface area contributed by atoms with Crippen LogP contribution in [0.25, 0.3) is 0 Å². The number of thioether (sulfide) groups is 4. The van der Waals surface area contributed by atoms with E-state index < -0.39 is 0 Å². The third-order valence-corrected chi connectivity index (χ3v) is 6.41. The highest BCUT2D eigenvalue weighted by atomic mass is 32.2. The summed E-state index contributed by atoms with van der Waals surface area (Å²) < 4.78 is 2.65. The fourth-order valence-electron chi connectivity index (χ4n) is 0.867. The van der Waals surface area contributed by atoms with Gasteiger partial charge in [0.2, 0.25) is 0 Å². The van der Waals surface area contributed by atoms with Gasteiger partial charge in [0.15, 0.2) is 0 Å². The summed E-state index contributed by atoms with van der Waals surface area (Å²) >= 11 is 6.97. The zero-order valence-corrected chi connectivity index (χ0v) is 10.3. The SMILES string of the molecule is O=CC=CC1=CSC(=C2SC=CS2)S1. The summed E-state index contributed by atoms with van der Waals surface area (Å²) in [6, 6.07) is 0. The summed E-state index contributed by atoms with van der Waals surface area (Å²) in [5.41, 5.74) is 0. The first-order valence-electron chi connectivity index (χ1n) is 3.79. The van der Waals surface area contributed by atoms with E-state index in [1.165, 1.54) is 14.6 Å². The molecule has 0 atom stereocenters. The van der Waals surface area contributed by atoms with Gasteiger partial charge < -0.3 is 0 Å². The van der Waals surface area contributed by atoms with Crippen LogP contribution in [0.5, 0.6) is 0 Å². The predicted molar refractivity (Wildman–Crippen MR) is 69.8 cm³/mol. The van der Waals surface area contributed by atoms with E-state index in [2.05, 4.69) is 16.2 Å². The maximum atomic E-state index is 10.1. The van der Waals surface area contributed by atoms with E-state index in [0.29, 0.717) is 0 Å². The quantitative estimate of drug-likeness (QED) is 0.545. The lowest BCUT2D eigenvalue weighted by Gasteiger charge is -1.99. The summed E-state index contributed by atoms with van der Waals surface area (Å²) in [6.07, 6.45) is 4.17. The summed E-state index contributed by atoms with van der Waals surface area (Å²) in [5.74, 6) is 0. The van der Waals surface area contributed by atoms with Gasteiger partial charge in [-0.1, -0.05) is 47.0 Å². The summed E-state index contributed by atoms with van der Waals surface area (Å²) in [6.45, 7) is 0. The maximum absolute atomic E-state index is 10.1. The molecule has 0 aromatic heterocycles. The minimum Gasteiger partial charge on any atom is -0.299 e. The highest BCUT2D eigenvalue weighted by Gasteiger charge is 2.16. The van der Waals surface area contributed by atoms with Crippen molar-refractivity contribution >= 4 is 53.3 Å². The maximum Gasteiger partial charge on any atom is 0.142 e. The van der Waals surface area contributed by atoms with E-state index in [0.717, 1.165) is 11.2 Å². The number of hydrogen-bond acceptors (Lipinski definition) is 5. The average Bonchev–Trinajstić information content (AvgIpc) is 2.85. The monoisotopic (exact) mass is 258 g/mol. The molecule has 0 fully saturated rings. The Labute approximate surface area is 99.5 Å². The highest BCUT2D eigenvalue weighted by molar-refractivity contribution is 8.33. The summed E-state index contributed by atoms with van der Waals surface area (Å²) in [4.78, 5) is 11.3. The molecule has 1 nitrogen and oxygen atoms in total. The Hall–Kier alpha value is 0.0300. The molecule has 2 aliphatic heterocycles. The Bertz CT molecular complexity index is 355. The lowest BCUT2D eigenvalue weighted by atomic mass is 10.5. The van der Waals surface area contributed by atoms with Crippen LogP contribution in [0.3, 0.4) is 0 Å². The minimum atomic E-state index is 0.803. The van der Waals surface area contributed by atoms with E-state index in [9.17, 15) is 4.79 Å². The molecule has 2 heterocycles. The van der Waals surface area contributed by atoms with Crippen LogP contribution in [0, 0.1) is 0 Å². The molecule has 2 aliphatic rings. The van der Waals surface area contributed by atoms with Gasteiger partial charge in [0.25, 0.3) is 0 Å². The van der Waals surface area contributed by atoms with Crippen molar-refractivity contribution in [2.75, 3.05) is 0 Å². The molecule has 2 rings (SSSR count). The molecule has 0 unspecified atom stereocenters. The van der Waals surface area contributed by atoms with Crippen molar-refractivity contribution in [3.05, 3.63) is 41.8 Å². The lowest BCUT2D eigenvalue weighted by molar-refractivity contribution is -0.104. The third-order valence-electron chi connectivity index (χ3n) is 1.40. The van der Waals surface area contributed by atoms with Crippen molar-refractivity contribution in [2.24, 2.45) is 0 Å². The topological polar surface area (TPSA) is 17.1 Å². The number of hydrogen-bond donors (Lipinski definition) is 0. The van der Waals surface area contributed by atoms with Gasteiger partial charge in [-0.05, 0) is 28.4 Å². The molecule has 0 aromatic carbocycles. The van der Waals surface area contributed by atoms with Crippen LogP contribution in [-0.4, -0.2) is 6.29 Å². The van der Waals surface area contributed by atoms with Crippen LogP contribution in [0.2, 0.25) is 0 Å². The summed E-state index contributed by atoms with van der Waals surface area (Å²) in [5, 5.41) is 6.26. The number of allylic oxidation sites excluding steroid dienone is 2. The molecule has 0 bridgehead atoms. The minimum absolute atomic E-state index is 0.803. The largest absolute Gasteiger partial charge is 0.299 e. The highest BCUT2D eigenvalue weighted by Crippen LogP contribution is 2.53. The van der Waals surface area contributed by atoms with Gasteiger partial charge in [0, 0.05) is 4.91 Å². The first kappa shape index (κ1) is 10.5. The van der Waals surface area contributed by atoms with Crippen LogP contribution in [0.4, 0.5) is 0 Å². The Morgan fingerprint density at radius 3 is 2.57 bits per heavy atom. The van der Waals surface area contributed by atoms with E-state index in [1.54, 1.807) is 47.0 Å². The molecule has 5 heteroatoms. The van der Waals surface area contributed by atoms with E-state index in [4.69, 9.17) is 0 Å². The van der Waals surface area contributed by atoms with Crippen LogP contribution < -0.4 is 0 Å². The molecule has 0 aromatic rings. The second-order valence-corrected chi connectivity index (χ2v) is 6.63. The van der Waals surface area contributed by atoms with E-state index in [1.807, 2.05) is 6.08 Å². The van der Waals surface area contributed by atoms with Crippen molar-refractivity contribution < 1.29 is 4.79 Å². The van der Waals surface area contributed by atoms with Crippen molar-refractivity contribution in [3.63, 3.8) is 0 Å². The van der Waals surface area contributed by atoms with Gasteiger partial charge in [0.05, 0.1) is 8.47 Å². The van der Waals surface area contributed by atoms with Gasteiger partial charge in [-0.15, -0.1) is 0 Å². The van der Waals surface area contributed by atoms with Crippen molar-refractivity contribution in [1.29, 1.82) is 0 Å². The number of aldehydes is 1. The van der Waals surface area contributed by atoms with Gasteiger partial charge in [-0.25, -0.2) is 0 Å². The molecule has 14 heavy (non-hydrogen) atoms. The smallest absolute Gasteiger partial charge is 0.142 e.